The number of fused-ring (bicyclic) bond motifs is 1. The molecule has 0 bridgehead atoms. The molecule has 0 saturated carbocycles. The van der Waals surface area contributed by atoms with E-state index in [-0.39, 0.29) is 5.09 Å². The molecule has 1 heterocycles. The monoisotopic (exact) mass is 365 g/mol. The third kappa shape index (κ3) is 2.96. The SMILES string of the molecule is Cc1cc(Br)cc(NS(=O)(=O)c2cc3ccccc3o2)c1. The lowest BCUT2D eigenvalue weighted by molar-refractivity contribution is 0.484. The molecule has 0 spiro atoms. The standard InChI is InChI=1S/C15H12BrNO3S/c1-10-6-12(16)9-13(7-10)17-21(18,19)15-8-11-4-2-3-5-14(11)20-15/h2-9,17H,1H3. The van der Waals surface area contributed by atoms with Crippen LogP contribution in [-0.4, -0.2) is 8.42 Å². The number of halogens is 1. The smallest absolute Gasteiger partial charge is 0.295 e. The van der Waals surface area contributed by atoms with Gasteiger partial charge >= 0.3 is 0 Å². The third-order valence-corrected chi connectivity index (χ3v) is 4.66. The highest BCUT2D eigenvalue weighted by atomic mass is 79.9. The Balaban J connectivity index is 1.99. The van der Waals surface area contributed by atoms with Crippen molar-refractivity contribution in [2.45, 2.75) is 12.0 Å². The molecule has 108 valence electrons. The van der Waals surface area contributed by atoms with Gasteiger partial charge in [-0.25, -0.2) is 0 Å². The molecule has 4 nitrogen and oxygen atoms in total. The predicted molar refractivity (Wildman–Crippen MR) is 85.9 cm³/mol. The molecule has 1 N–H and O–H groups in total. The van der Waals surface area contributed by atoms with Gasteiger partial charge in [-0.3, -0.25) is 4.72 Å². The summed E-state index contributed by atoms with van der Waals surface area (Å²) in [6.07, 6.45) is 0. The molecule has 0 atom stereocenters. The van der Waals surface area contributed by atoms with E-state index in [4.69, 9.17) is 4.42 Å². The van der Waals surface area contributed by atoms with Gasteiger partial charge in [0.05, 0.1) is 5.69 Å². The average Bonchev–Trinajstić information content (AvgIpc) is 2.81. The summed E-state index contributed by atoms with van der Waals surface area (Å²) < 4.78 is 33.5. The van der Waals surface area contributed by atoms with Crippen molar-refractivity contribution in [2.24, 2.45) is 0 Å². The Morgan fingerprint density at radius 2 is 1.86 bits per heavy atom. The summed E-state index contributed by atoms with van der Waals surface area (Å²) in [6.45, 7) is 1.89. The van der Waals surface area contributed by atoms with E-state index >= 15 is 0 Å². The summed E-state index contributed by atoms with van der Waals surface area (Å²) in [7, 11) is -3.75. The summed E-state index contributed by atoms with van der Waals surface area (Å²) in [6, 6.07) is 14.0. The van der Waals surface area contributed by atoms with Crippen LogP contribution in [0.3, 0.4) is 0 Å². The number of aryl methyl sites for hydroxylation is 1. The quantitative estimate of drug-likeness (QED) is 0.752. The van der Waals surface area contributed by atoms with Gasteiger partial charge in [0.25, 0.3) is 10.0 Å². The van der Waals surface area contributed by atoms with Gasteiger partial charge in [0.1, 0.15) is 5.58 Å². The Hall–Kier alpha value is -1.79. The lowest BCUT2D eigenvalue weighted by Crippen LogP contribution is -2.12. The van der Waals surface area contributed by atoms with E-state index in [9.17, 15) is 8.42 Å². The number of benzene rings is 2. The fourth-order valence-corrected chi connectivity index (χ4v) is 3.71. The van der Waals surface area contributed by atoms with E-state index in [1.165, 1.54) is 6.07 Å². The molecular weight excluding hydrogens is 354 g/mol. The second kappa shape index (κ2) is 5.20. The molecule has 0 aliphatic carbocycles. The highest BCUT2D eigenvalue weighted by Gasteiger charge is 2.19. The van der Waals surface area contributed by atoms with Crippen LogP contribution in [0, 0.1) is 6.92 Å². The Morgan fingerprint density at radius 3 is 2.57 bits per heavy atom. The normalized spacial score (nSPS) is 11.7. The molecule has 3 rings (SSSR count). The van der Waals surface area contributed by atoms with Crippen LogP contribution in [-0.2, 0) is 10.0 Å². The molecule has 0 saturated heterocycles. The second-order valence-corrected chi connectivity index (χ2v) is 7.26. The first-order valence-electron chi connectivity index (χ1n) is 6.23. The van der Waals surface area contributed by atoms with Crippen LogP contribution in [0.4, 0.5) is 5.69 Å². The number of nitrogens with one attached hydrogen (secondary N) is 1. The van der Waals surface area contributed by atoms with E-state index in [0.717, 1.165) is 15.4 Å². The average molecular weight is 366 g/mol. The molecule has 0 aliphatic heterocycles. The minimum atomic E-state index is -3.75. The van der Waals surface area contributed by atoms with Gasteiger partial charge in [-0.05, 0) is 36.8 Å². The van der Waals surface area contributed by atoms with Gasteiger partial charge in [0.2, 0.25) is 5.09 Å². The van der Waals surface area contributed by atoms with Crippen molar-refractivity contribution in [3.63, 3.8) is 0 Å². The van der Waals surface area contributed by atoms with Gasteiger partial charge in [0.15, 0.2) is 0 Å². The minimum Gasteiger partial charge on any atom is -0.443 e. The fraction of sp³-hybridized carbons (Fsp3) is 0.0667. The van der Waals surface area contributed by atoms with Crippen molar-refractivity contribution in [1.29, 1.82) is 0 Å². The van der Waals surface area contributed by atoms with Crippen molar-refractivity contribution in [2.75, 3.05) is 4.72 Å². The van der Waals surface area contributed by atoms with Crippen LogP contribution in [0.5, 0.6) is 0 Å². The van der Waals surface area contributed by atoms with Crippen LogP contribution < -0.4 is 4.72 Å². The van der Waals surface area contributed by atoms with Crippen molar-refractivity contribution in [1.82, 2.24) is 0 Å². The van der Waals surface area contributed by atoms with E-state index < -0.39 is 10.0 Å². The number of sulfonamides is 1. The molecule has 0 amide bonds. The highest BCUT2D eigenvalue weighted by Crippen LogP contribution is 2.26. The molecule has 0 aliphatic rings. The van der Waals surface area contributed by atoms with Crippen LogP contribution >= 0.6 is 15.9 Å². The van der Waals surface area contributed by atoms with E-state index in [1.54, 1.807) is 30.3 Å². The zero-order valence-electron chi connectivity index (χ0n) is 11.1. The molecule has 3 aromatic rings. The first-order valence-corrected chi connectivity index (χ1v) is 8.50. The summed E-state index contributed by atoms with van der Waals surface area (Å²) in [4.78, 5) is 0. The molecule has 2 aromatic carbocycles. The topological polar surface area (TPSA) is 59.3 Å². The third-order valence-electron chi connectivity index (χ3n) is 2.96. The van der Waals surface area contributed by atoms with E-state index in [2.05, 4.69) is 20.7 Å². The van der Waals surface area contributed by atoms with Gasteiger partial charge < -0.3 is 4.42 Å². The van der Waals surface area contributed by atoms with E-state index in [0.29, 0.717) is 11.3 Å². The number of hydrogen-bond acceptors (Lipinski definition) is 3. The molecule has 0 radical (unpaired) electrons. The highest BCUT2D eigenvalue weighted by molar-refractivity contribution is 9.10. The summed E-state index contributed by atoms with van der Waals surface area (Å²) in [5.41, 5.74) is 1.98. The number of furan rings is 1. The first kappa shape index (κ1) is 14.2. The second-order valence-electron chi connectivity index (χ2n) is 4.73. The zero-order chi connectivity index (χ0) is 15.0. The Kier molecular flexibility index (Phi) is 3.51. The van der Waals surface area contributed by atoms with Crippen LogP contribution in [0.25, 0.3) is 11.0 Å². The largest absolute Gasteiger partial charge is 0.443 e. The lowest BCUT2D eigenvalue weighted by Gasteiger charge is -2.07. The molecule has 21 heavy (non-hydrogen) atoms. The van der Waals surface area contributed by atoms with Crippen molar-refractivity contribution < 1.29 is 12.8 Å². The fourth-order valence-electron chi connectivity index (χ4n) is 2.09. The van der Waals surface area contributed by atoms with Crippen molar-refractivity contribution in [3.8, 4) is 0 Å². The maximum atomic E-state index is 12.4. The molecule has 0 fully saturated rings. The first-order chi connectivity index (χ1) is 9.94. The van der Waals surface area contributed by atoms with Crippen molar-refractivity contribution in [3.05, 3.63) is 58.6 Å². The maximum absolute atomic E-state index is 12.4. The molecule has 0 unspecified atom stereocenters. The summed E-state index contributed by atoms with van der Waals surface area (Å²) in [5.74, 6) is 0. The van der Waals surface area contributed by atoms with Gasteiger partial charge in [-0.15, -0.1) is 0 Å². The number of anilines is 1. The summed E-state index contributed by atoms with van der Waals surface area (Å²) >= 11 is 3.35. The van der Waals surface area contributed by atoms with E-state index in [1.807, 2.05) is 19.1 Å². The minimum absolute atomic E-state index is 0.0960. The number of hydrogen-bond donors (Lipinski definition) is 1. The summed E-state index contributed by atoms with van der Waals surface area (Å²) in [5, 5.41) is 0.657. The lowest BCUT2D eigenvalue weighted by atomic mass is 10.2. The van der Waals surface area contributed by atoms with Crippen molar-refractivity contribution >= 4 is 42.6 Å². The Morgan fingerprint density at radius 1 is 1.10 bits per heavy atom. The van der Waals surface area contributed by atoms with Gasteiger partial charge in [-0.1, -0.05) is 34.1 Å². The Bertz CT molecular complexity index is 862. The van der Waals surface area contributed by atoms with Gasteiger partial charge in [0, 0.05) is 15.9 Å². The molecule has 1 aromatic heterocycles. The van der Waals surface area contributed by atoms with Crippen LogP contribution in [0.1, 0.15) is 5.56 Å². The molecular formula is C15H12BrNO3S. The zero-order valence-corrected chi connectivity index (χ0v) is 13.5. The number of rotatable bonds is 3. The molecule has 6 heteroatoms. The predicted octanol–water partition coefficient (Wildman–Crippen LogP) is 4.30. The Labute approximate surface area is 131 Å². The maximum Gasteiger partial charge on any atom is 0.295 e. The van der Waals surface area contributed by atoms with Crippen LogP contribution in [0.2, 0.25) is 0 Å². The van der Waals surface area contributed by atoms with Gasteiger partial charge in [-0.2, -0.15) is 8.42 Å². The van der Waals surface area contributed by atoms with Crippen LogP contribution in [0.15, 0.2) is 62.5 Å². The number of para-hydroxylation sites is 1.